The lowest BCUT2D eigenvalue weighted by atomic mass is 9.99. The normalized spacial score (nSPS) is 14.1. The molecular formula is C20H16F6N2O3. The lowest BCUT2D eigenvalue weighted by Gasteiger charge is -2.28. The summed E-state index contributed by atoms with van der Waals surface area (Å²) in [5, 5.41) is 2.32. The van der Waals surface area contributed by atoms with E-state index in [2.05, 4.69) is 10.1 Å². The standard InChI is InChI=1S/C20H16F6N2O3/c1-31-18(30)28-5-4-11-2-3-16(8-13(11)10-28)27-17(29)12-6-14(19(21,22)23)9-15(7-12)20(24,25)26/h2-3,6-9H,4-5,10H2,1H3,(H,27,29). The molecule has 5 nitrogen and oxygen atoms in total. The smallest absolute Gasteiger partial charge is 0.416 e. The van der Waals surface area contributed by atoms with Crippen LogP contribution in [0.2, 0.25) is 0 Å². The second-order valence-electron chi connectivity index (χ2n) is 6.87. The molecule has 3 rings (SSSR count). The molecule has 1 aliphatic heterocycles. The molecule has 11 heteroatoms. The topological polar surface area (TPSA) is 58.6 Å². The van der Waals surface area contributed by atoms with E-state index in [4.69, 9.17) is 0 Å². The summed E-state index contributed by atoms with van der Waals surface area (Å²) in [6, 6.07) is 5.36. The average molecular weight is 446 g/mol. The molecule has 1 heterocycles. The number of hydrogen-bond donors (Lipinski definition) is 1. The van der Waals surface area contributed by atoms with Crippen molar-refractivity contribution >= 4 is 17.7 Å². The van der Waals surface area contributed by atoms with E-state index in [0.29, 0.717) is 30.7 Å². The maximum atomic E-state index is 13.0. The first kappa shape index (κ1) is 22.4. The first-order valence-corrected chi connectivity index (χ1v) is 8.94. The van der Waals surface area contributed by atoms with Crippen LogP contribution in [-0.4, -0.2) is 30.6 Å². The molecule has 0 spiro atoms. The van der Waals surface area contributed by atoms with Crippen molar-refractivity contribution in [3.05, 3.63) is 64.2 Å². The van der Waals surface area contributed by atoms with Gasteiger partial charge in [-0.25, -0.2) is 4.79 Å². The van der Waals surface area contributed by atoms with Gasteiger partial charge in [-0.15, -0.1) is 0 Å². The monoisotopic (exact) mass is 446 g/mol. The molecule has 0 unspecified atom stereocenters. The van der Waals surface area contributed by atoms with Gasteiger partial charge in [0.25, 0.3) is 5.91 Å². The summed E-state index contributed by atoms with van der Waals surface area (Å²) in [6.07, 6.45) is -10.1. The second kappa shape index (κ2) is 8.12. The summed E-state index contributed by atoms with van der Waals surface area (Å²) in [5.74, 6) is -1.13. The van der Waals surface area contributed by atoms with E-state index in [1.165, 1.54) is 24.1 Å². The van der Waals surface area contributed by atoms with E-state index in [9.17, 15) is 35.9 Å². The first-order chi connectivity index (χ1) is 14.4. The number of anilines is 1. The van der Waals surface area contributed by atoms with E-state index in [0.717, 1.165) is 5.56 Å². The number of carbonyl (C=O) groups is 2. The van der Waals surface area contributed by atoms with Crippen LogP contribution in [-0.2, 0) is 30.1 Å². The van der Waals surface area contributed by atoms with Crippen molar-refractivity contribution < 1.29 is 40.7 Å². The van der Waals surface area contributed by atoms with Crippen LogP contribution in [0.3, 0.4) is 0 Å². The van der Waals surface area contributed by atoms with E-state index in [1.807, 2.05) is 0 Å². The lowest BCUT2D eigenvalue weighted by molar-refractivity contribution is -0.143. The molecule has 166 valence electrons. The molecule has 0 atom stereocenters. The number of carbonyl (C=O) groups excluding carboxylic acids is 2. The van der Waals surface area contributed by atoms with Gasteiger partial charge in [0.2, 0.25) is 0 Å². The van der Waals surface area contributed by atoms with Crippen molar-refractivity contribution in [1.29, 1.82) is 0 Å². The molecule has 0 aliphatic carbocycles. The van der Waals surface area contributed by atoms with Gasteiger partial charge in [0, 0.05) is 24.3 Å². The van der Waals surface area contributed by atoms with Crippen molar-refractivity contribution in [2.45, 2.75) is 25.3 Å². The highest BCUT2D eigenvalue weighted by atomic mass is 19.4. The molecule has 0 bridgehead atoms. The number of nitrogens with one attached hydrogen (secondary N) is 1. The number of fused-ring (bicyclic) bond motifs is 1. The zero-order valence-electron chi connectivity index (χ0n) is 16.0. The van der Waals surface area contributed by atoms with Crippen LogP contribution in [0.15, 0.2) is 36.4 Å². The molecule has 31 heavy (non-hydrogen) atoms. The minimum atomic E-state index is -5.06. The van der Waals surface area contributed by atoms with Gasteiger partial charge in [-0.05, 0) is 47.9 Å². The summed E-state index contributed by atoms with van der Waals surface area (Å²) >= 11 is 0. The van der Waals surface area contributed by atoms with Crippen LogP contribution >= 0.6 is 0 Å². The number of rotatable bonds is 2. The second-order valence-corrected chi connectivity index (χ2v) is 6.87. The quantitative estimate of drug-likeness (QED) is 0.653. The van der Waals surface area contributed by atoms with Gasteiger partial charge >= 0.3 is 18.4 Å². The molecule has 0 saturated heterocycles. The molecule has 1 aliphatic rings. The number of ether oxygens (including phenoxy) is 1. The highest BCUT2D eigenvalue weighted by Gasteiger charge is 2.37. The Morgan fingerprint density at radius 1 is 0.935 bits per heavy atom. The summed E-state index contributed by atoms with van der Waals surface area (Å²) in [6.45, 7) is 0.614. The van der Waals surface area contributed by atoms with Gasteiger partial charge in [0.05, 0.1) is 18.2 Å². The Bertz CT molecular complexity index is 985. The van der Waals surface area contributed by atoms with Crippen molar-refractivity contribution in [2.24, 2.45) is 0 Å². The minimum Gasteiger partial charge on any atom is -0.453 e. The maximum Gasteiger partial charge on any atom is 0.416 e. The van der Waals surface area contributed by atoms with Crippen LogP contribution in [0.1, 0.15) is 32.6 Å². The van der Waals surface area contributed by atoms with Crippen LogP contribution < -0.4 is 5.32 Å². The SMILES string of the molecule is COC(=O)N1CCc2ccc(NC(=O)c3cc(C(F)(F)F)cc(C(F)(F)F)c3)cc2C1. The number of halogens is 6. The lowest BCUT2D eigenvalue weighted by Crippen LogP contribution is -2.35. The van der Waals surface area contributed by atoms with Gasteiger partial charge in [0.15, 0.2) is 0 Å². The Labute approximate surface area is 172 Å². The molecule has 0 radical (unpaired) electrons. The fraction of sp³-hybridized carbons (Fsp3) is 0.300. The number of nitrogens with zero attached hydrogens (tertiary/aromatic N) is 1. The molecular weight excluding hydrogens is 430 g/mol. The number of alkyl halides is 6. The molecule has 1 N–H and O–H groups in total. The zero-order valence-corrected chi connectivity index (χ0v) is 16.0. The number of benzene rings is 2. The van der Waals surface area contributed by atoms with Crippen molar-refractivity contribution in [3.8, 4) is 0 Å². The fourth-order valence-electron chi connectivity index (χ4n) is 3.21. The third-order valence-corrected chi connectivity index (χ3v) is 4.76. The largest absolute Gasteiger partial charge is 0.453 e. The first-order valence-electron chi connectivity index (χ1n) is 8.94. The Balaban J connectivity index is 1.88. The molecule has 0 aromatic heterocycles. The van der Waals surface area contributed by atoms with Crippen LogP contribution in [0.5, 0.6) is 0 Å². The Morgan fingerprint density at radius 3 is 2.10 bits per heavy atom. The molecule has 2 aromatic carbocycles. The predicted octanol–water partition coefficient (Wildman–Crippen LogP) is 5.10. The zero-order chi connectivity index (χ0) is 23.0. The van der Waals surface area contributed by atoms with Crippen LogP contribution in [0.25, 0.3) is 0 Å². The summed E-state index contributed by atoms with van der Waals surface area (Å²) < 4.78 is 82.7. The molecule has 2 amide bonds. The van der Waals surface area contributed by atoms with Gasteiger partial charge in [-0.3, -0.25) is 4.79 Å². The third-order valence-electron chi connectivity index (χ3n) is 4.76. The van der Waals surface area contributed by atoms with Crippen molar-refractivity contribution in [1.82, 2.24) is 4.90 Å². The number of methoxy groups -OCH3 is 1. The molecule has 0 saturated carbocycles. The molecule has 0 fully saturated rings. The summed E-state index contributed by atoms with van der Waals surface area (Å²) in [5.41, 5.74) is -2.19. The van der Waals surface area contributed by atoms with Gasteiger partial charge in [0.1, 0.15) is 0 Å². The Hall–Kier alpha value is -3.24. The van der Waals surface area contributed by atoms with Crippen molar-refractivity contribution in [3.63, 3.8) is 0 Å². The van der Waals surface area contributed by atoms with Crippen LogP contribution in [0, 0.1) is 0 Å². The number of hydrogen-bond acceptors (Lipinski definition) is 3. The molecule has 2 aromatic rings. The van der Waals surface area contributed by atoms with E-state index in [1.54, 1.807) is 6.07 Å². The van der Waals surface area contributed by atoms with Gasteiger partial charge in [-0.2, -0.15) is 26.3 Å². The predicted molar refractivity (Wildman–Crippen MR) is 97.4 cm³/mol. The highest BCUT2D eigenvalue weighted by molar-refractivity contribution is 6.04. The van der Waals surface area contributed by atoms with Gasteiger partial charge in [-0.1, -0.05) is 6.07 Å². The fourth-order valence-corrected chi connectivity index (χ4v) is 3.21. The third kappa shape index (κ3) is 5.09. The highest BCUT2D eigenvalue weighted by Crippen LogP contribution is 2.36. The minimum absolute atomic E-state index is 0.0446. The van der Waals surface area contributed by atoms with Crippen molar-refractivity contribution in [2.75, 3.05) is 19.0 Å². The summed E-state index contributed by atoms with van der Waals surface area (Å²) in [7, 11) is 1.23. The Kier molecular flexibility index (Phi) is 5.88. The van der Waals surface area contributed by atoms with Crippen LogP contribution in [0.4, 0.5) is 36.8 Å². The maximum absolute atomic E-state index is 13.0. The summed E-state index contributed by atoms with van der Waals surface area (Å²) in [4.78, 5) is 25.6. The van der Waals surface area contributed by atoms with Gasteiger partial charge < -0.3 is 15.0 Å². The Morgan fingerprint density at radius 2 is 1.55 bits per heavy atom. The van der Waals surface area contributed by atoms with E-state index < -0.39 is 41.0 Å². The average Bonchev–Trinajstić information content (AvgIpc) is 2.71. The van der Waals surface area contributed by atoms with E-state index >= 15 is 0 Å². The number of amides is 2. The van der Waals surface area contributed by atoms with E-state index in [-0.39, 0.29) is 18.3 Å².